The van der Waals surface area contributed by atoms with Crippen LogP contribution in [0.4, 0.5) is 10.5 Å². The van der Waals surface area contributed by atoms with Crippen molar-refractivity contribution in [1.82, 2.24) is 19.4 Å². The predicted octanol–water partition coefficient (Wildman–Crippen LogP) is 2.66. The number of aromatic nitrogens is 2. The monoisotopic (exact) mass is 391 g/mol. The quantitative estimate of drug-likeness (QED) is 0.787. The number of nitrogens with zero attached hydrogens (tertiary/aromatic N) is 3. The van der Waals surface area contributed by atoms with Gasteiger partial charge in [0.2, 0.25) is 0 Å². The molecule has 4 heterocycles. The molecule has 7 nitrogen and oxygen atoms in total. The van der Waals surface area contributed by atoms with Crippen LogP contribution in [0, 0.1) is 5.41 Å². The Bertz CT molecular complexity index is 939. The second-order valence-electron chi connectivity index (χ2n) is 8.19. The van der Waals surface area contributed by atoms with E-state index in [0.29, 0.717) is 28.3 Å². The molecule has 2 bridgehead atoms. The van der Waals surface area contributed by atoms with Crippen LogP contribution in [0.25, 0.3) is 11.0 Å². The zero-order valence-electron chi connectivity index (χ0n) is 15.8. The number of benzene rings is 1. The Morgan fingerprint density at radius 2 is 1.85 bits per heavy atom. The van der Waals surface area contributed by atoms with Crippen molar-refractivity contribution in [3.8, 4) is 0 Å². The molecule has 1 aromatic heterocycles. The molecule has 3 N–H and O–H groups in total. The summed E-state index contributed by atoms with van der Waals surface area (Å²) in [4.78, 5) is 28.4. The molecule has 146 valence electrons. The number of piperidine rings is 3. The average molecular weight is 392 g/mol. The number of rotatable bonds is 3. The Balaban J connectivity index is 1.68. The topological polar surface area (TPSA) is 85.3 Å². The van der Waals surface area contributed by atoms with Crippen LogP contribution in [-0.2, 0) is 0 Å². The van der Waals surface area contributed by atoms with E-state index >= 15 is 0 Å². The zero-order valence-corrected chi connectivity index (χ0v) is 16.6. The number of amides is 1. The Hall–Kier alpha value is -1.99. The predicted molar refractivity (Wildman–Crippen MR) is 108 cm³/mol. The Labute approximate surface area is 163 Å². The fourth-order valence-corrected chi connectivity index (χ4v) is 4.61. The van der Waals surface area contributed by atoms with Crippen LogP contribution in [0.3, 0.4) is 0 Å². The molecule has 1 aromatic carbocycles. The summed E-state index contributed by atoms with van der Waals surface area (Å²) < 4.78 is 2.77. The lowest BCUT2D eigenvalue weighted by atomic mass is 9.72. The number of fused-ring (bicyclic) bond motifs is 4. The summed E-state index contributed by atoms with van der Waals surface area (Å²) in [6.07, 6.45) is 3.29. The summed E-state index contributed by atoms with van der Waals surface area (Å²) >= 11 is 6.17. The largest absolute Gasteiger partial charge is 0.397 e. The number of carbonyl (C=O) groups excluding carboxylic acids is 1. The van der Waals surface area contributed by atoms with Crippen LogP contribution in [0.1, 0.15) is 39.2 Å². The Kier molecular flexibility index (Phi) is 4.47. The van der Waals surface area contributed by atoms with E-state index < -0.39 is 6.03 Å². The highest BCUT2D eigenvalue weighted by Crippen LogP contribution is 2.39. The van der Waals surface area contributed by atoms with Gasteiger partial charge in [-0.3, -0.25) is 4.57 Å². The highest BCUT2D eigenvalue weighted by atomic mass is 35.5. The number of carbonyl (C=O) groups is 1. The molecular formula is C19H26ClN5O2. The highest BCUT2D eigenvalue weighted by molar-refractivity contribution is 6.33. The maximum absolute atomic E-state index is 13.0. The first-order valence-corrected chi connectivity index (χ1v) is 9.92. The smallest absolute Gasteiger partial charge is 0.337 e. The van der Waals surface area contributed by atoms with Crippen molar-refractivity contribution in [3.05, 3.63) is 27.6 Å². The summed E-state index contributed by atoms with van der Waals surface area (Å²) in [5.74, 6) is 0. The van der Waals surface area contributed by atoms with Crippen molar-refractivity contribution in [2.75, 3.05) is 31.9 Å². The van der Waals surface area contributed by atoms with Gasteiger partial charge in [-0.05, 0) is 70.3 Å². The van der Waals surface area contributed by atoms with Gasteiger partial charge >= 0.3 is 11.7 Å². The SMILES string of the molecule is CC(C)n1c(=O)n(C(=O)NCC23CCN(CC2)CC3)c2cc(Cl)c(N)cc21. The molecule has 0 radical (unpaired) electrons. The second-order valence-corrected chi connectivity index (χ2v) is 8.60. The molecule has 3 aliphatic rings. The Morgan fingerprint density at radius 3 is 2.44 bits per heavy atom. The van der Waals surface area contributed by atoms with Gasteiger partial charge in [0.05, 0.1) is 21.7 Å². The second kappa shape index (κ2) is 6.56. The molecule has 3 aliphatic heterocycles. The molecule has 0 saturated carbocycles. The third kappa shape index (κ3) is 3.02. The minimum atomic E-state index is -0.396. The minimum absolute atomic E-state index is 0.101. The summed E-state index contributed by atoms with van der Waals surface area (Å²) in [6, 6.07) is 2.77. The molecule has 27 heavy (non-hydrogen) atoms. The maximum Gasteiger partial charge on any atom is 0.337 e. The van der Waals surface area contributed by atoms with Crippen LogP contribution in [0.2, 0.25) is 5.02 Å². The van der Waals surface area contributed by atoms with Gasteiger partial charge in [0.25, 0.3) is 0 Å². The molecule has 2 aromatic rings. The third-order valence-electron chi connectivity index (χ3n) is 6.20. The normalized spacial score (nSPS) is 24.7. The number of anilines is 1. The number of imidazole rings is 1. The summed E-state index contributed by atoms with van der Waals surface area (Å²) in [6.45, 7) is 7.69. The van der Waals surface area contributed by atoms with Crippen LogP contribution in [0.5, 0.6) is 0 Å². The van der Waals surface area contributed by atoms with E-state index in [9.17, 15) is 9.59 Å². The van der Waals surface area contributed by atoms with Crippen molar-refractivity contribution in [2.24, 2.45) is 5.41 Å². The summed E-state index contributed by atoms with van der Waals surface area (Å²) in [5, 5.41) is 3.36. The number of nitrogen functional groups attached to an aromatic ring is 1. The van der Waals surface area contributed by atoms with Gasteiger partial charge in [0, 0.05) is 12.6 Å². The molecule has 3 fully saturated rings. The first-order chi connectivity index (χ1) is 12.8. The van der Waals surface area contributed by atoms with Gasteiger partial charge in [-0.2, -0.15) is 0 Å². The van der Waals surface area contributed by atoms with Gasteiger partial charge in [-0.25, -0.2) is 14.2 Å². The van der Waals surface area contributed by atoms with E-state index in [-0.39, 0.29) is 17.1 Å². The standard InChI is InChI=1S/C19H26ClN5O2/c1-12(2)24-16-10-14(21)13(20)9-15(16)25(18(24)27)17(26)22-11-19-3-6-23(7-4-19)8-5-19/h9-10,12H,3-8,11,21H2,1-2H3,(H,22,26). The van der Waals surface area contributed by atoms with Crippen LogP contribution in [0.15, 0.2) is 16.9 Å². The molecule has 1 amide bonds. The van der Waals surface area contributed by atoms with Gasteiger partial charge in [0.15, 0.2) is 0 Å². The lowest BCUT2D eigenvalue weighted by Gasteiger charge is -2.48. The van der Waals surface area contributed by atoms with Gasteiger partial charge in [-0.1, -0.05) is 11.6 Å². The molecule has 0 atom stereocenters. The zero-order chi connectivity index (χ0) is 19.3. The van der Waals surface area contributed by atoms with E-state index in [1.54, 1.807) is 16.7 Å². The van der Waals surface area contributed by atoms with Crippen molar-refractivity contribution in [3.63, 3.8) is 0 Å². The van der Waals surface area contributed by atoms with Crippen molar-refractivity contribution in [1.29, 1.82) is 0 Å². The minimum Gasteiger partial charge on any atom is -0.397 e. The highest BCUT2D eigenvalue weighted by Gasteiger charge is 2.39. The van der Waals surface area contributed by atoms with E-state index in [1.807, 2.05) is 13.8 Å². The summed E-state index contributed by atoms with van der Waals surface area (Å²) in [7, 11) is 0. The first kappa shape index (κ1) is 18.4. The van der Waals surface area contributed by atoms with Gasteiger partial charge < -0.3 is 16.0 Å². The van der Waals surface area contributed by atoms with Crippen molar-refractivity contribution < 1.29 is 4.79 Å². The van der Waals surface area contributed by atoms with Gasteiger partial charge in [-0.15, -0.1) is 0 Å². The Morgan fingerprint density at radius 1 is 1.22 bits per heavy atom. The van der Waals surface area contributed by atoms with Crippen molar-refractivity contribution in [2.45, 2.75) is 39.2 Å². The number of hydrogen-bond donors (Lipinski definition) is 2. The molecule has 3 saturated heterocycles. The molecule has 5 rings (SSSR count). The lowest BCUT2D eigenvalue weighted by Crippen LogP contribution is -2.53. The molecule has 0 aliphatic carbocycles. The van der Waals surface area contributed by atoms with Crippen LogP contribution in [-0.4, -0.2) is 46.2 Å². The average Bonchev–Trinajstić information content (AvgIpc) is 2.93. The fourth-order valence-electron chi connectivity index (χ4n) is 4.45. The maximum atomic E-state index is 13.0. The van der Waals surface area contributed by atoms with Crippen molar-refractivity contribution >= 4 is 34.4 Å². The summed E-state index contributed by atoms with van der Waals surface area (Å²) in [5.41, 5.74) is 7.22. The molecule has 0 spiro atoms. The van der Waals surface area contributed by atoms with E-state index in [2.05, 4.69) is 10.2 Å². The fraction of sp³-hybridized carbons (Fsp3) is 0.579. The van der Waals surface area contributed by atoms with E-state index in [4.69, 9.17) is 17.3 Å². The van der Waals surface area contributed by atoms with Gasteiger partial charge in [0.1, 0.15) is 0 Å². The molecular weight excluding hydrogens is 366 g/mol. The van der Waals surface area contributed by atoms with E-state index in [1.165, 1.54) is 4.57 Å². The number of hydrogen-bond acceptors (Lipinski definition) is 4. The number of halogens is 1. The molecule has 8 heteroatoms. The van der Waals surface area contributed by atoms with Crippen LogP contribution < -0.4 is 16.7 Å². The first-order valence-electron chi connectivity index (χ1n) is 9.54. The third-order valence-corrected chi connectivity index (χ3v) is 6.53. The van der Waals surface area contributed by atoms with Crippen LogP contribution >= 0.6 is 11.6 Å². The number of nitrogens with one attached hydrogen (secondary N) is 1. The molecule has 0 unspecified atom stereocenters. The lowest BCUT2D eigenvalue weighted by molar-refractivity contribution is 0.0285. The van der Waals surface area contributed by atoms with E-state index in [0.717, 1.165) is 38.9 Å². The number of nitrogens with two attached hydrogens (primary N) is 1.